The van der Waals surface area contributed by atoms with Crippen LogP contribution in [0.4, 0.5) is 0 Å². The van der Waals surface area contributed by atoms with Gasteiger partial charge in [0, 0.05) is 19.3 Å². The molecule has 122 valence electrons. The Bertz CT molecular complexity index is 842. The van der Waals surface area contributed by atoms with Crippen molar-refractivity contribution in [3.8, 4) is 0 Å². The van der Waals surface area contributed by atoms with Gasteiger partial charge >= 0.3 is 0 Å². The lowest BCUT2D eigenvalue weighted by atomic mass is 10.1. The van der Waals surface area contributed by atoms with Crippen LogP contribution >= 0.6 is 11.8 Å². The molecule has 1 unspecified atom stereocenters. The van der Waals surface area contributed by atoms with Gasteiger partial charge in [0.05, 0.1) is 0 Å². The quantitative estimate of drug-likeness (QED) is 0.686. The number of thioether (sulfide) groups is 1. The zero-order valence-electron chi connectivity index (χ0n) is 13.2. The fourth-order valence-electron chi connectivity index (χ4n) is 3.00. The molecule has 1 aliphatic rings. The number of fused-ring (bicyclic) bond motifs is 1. The maximum Gasteiger partial charge on any atom is 0.240 e. The second-order valence-corrected chi connectivity index (χ2v) is 6.92. The van der Waals surface area contributed by atoms with Crippen molar-refractivity contribution in [2.75, 3.05) is 13.1 Å². The molecule has 1 amide bonds. The van der Waals surface area contributed by atoms with Crippen LogP contribution < -0.4 is 0 Å². The van der Waals surface area contributed by atoms with E-state index in [1.165, 1.54) is 11.8 Å². The molecule has 2 aromatic heterocycles. The van der Waals surface area contributed by atoms with Gasteiger partial charge in [0.25, 0.3) is 0 Å². The Hall–Kier alpha value is -2.34. The van der Waals surface area contributed by atoms with E-state index in [1.807, 2.05) is 64.0 Å². The van der Waals surface area contributed by atoms with E-state index in [4.69, 9.17) is 0 Å². The molecule has 3 aromatic rings. The van der Waals surface area contributed by atoms with Crippen LogP contribution in [0.3, 0.4) is 0 Å². The monoisotopic (exact) mass is 338 g/mol. The van der Waals surface area contributed by atoms with Crippen LogP contribution in [0.2, 0.25) is 0 Å². The Kier molecular flexibility index (Phi) is 4.21. The SMILES string of the molecule is O=C(C(Sc1nnc2ccccn12)c1ccccc1)N1CCCC1. The first-order valence-corrected chi connectivity index (χ1v) is 9.01. The van der Waals surface area contributed by atoms with Crippen molar-refractivity contribution in [1.29, 1.82) is 0 Å². The highest BCUT2D eigenvalue weighted by Gasteiger charge is 2.30. The molecule has 24 heavy (non-hydrogen) atoms. The number of amides is 1. The van der Waals surface area contributed by atoms with Gasteiger partial charge < -0.3 is 4.90 Å². The van der Waals surface area contributed by atoms with Crippen molar-refractivity contribution in [2.24, 2.45) is 0 Å². The minimum atomic E-state index is -0.295. The predicted molar refractivity (Wildman–Crippen MR) is 93.8 cm³/mol. The van der Waals surface area contributed by atoms with E-state index in [9.17, 15) is 4.79 Å². The van der Waals surface area contributed by atoms with Gasteiger partial charge in [-0.2, -0.15) is 0 Å². The summed E-state index contributed by atoms with van der Waals surface area (Å²) in [6.45, 7) is 1.70. The van der Waals surface area contributed by atoms with E-state index in [1.54, 1.807) is 0 Å². The normalized spacial score (nSPS) is 15.8. The van der Waals surface area contributed by atoms with E-state index in [0.717, 1.165) is 42.3 Å². The van der Waals surface area contributed by atoms with Crippen molar-refractivity contribution in [3.63, 3.8) is 0 Å². The Morgan fingerprint density at radius 2 is 1.75 bits per heavy atom. The minimum Gasteiger partial charge on any atom is -0.341 e. The molecule has 1 saturated heterocycles. The van der Waals surface area contributed by atoms with Gasteiger partial charge in [0.1, 0.15) is 5.25 Å². The van der Waals surface area contributed by atoms with Gasteiger partial charge in [0.15, 0.2) is 10.8 Å². The van der Waals surface area contributed by atoms with Crippen LogP contribution in [0.1, 0.15) is 23.7 Å². The average Bonchev–Trinajstić information content (AvgIpc) is 3.30. The molecule has 1 aliphatic heterocycles. The molecule has 1 atom stereocenters. The highest BCUT2D eigenvalue weighted by molar-refractivity contribution is 8.00. The van der Waals surface area contributed by atoms with Crippen molar-refractivity contribution >= 4 is 23.3 Å². The van der Waals surface area contributed by atoms with Crippen molar-refractivity contribution in [1.82, 2.24) is 19.5 Å². The first-order chi connectivity index (χ1) is 11.8. The Morgan fingerprint density at radius 3 is 2.54 bits per heavy atom. The third-order valence-electron chi connectivity index (χ3n) is 4.25. The molecular weight excluding hydrogens is 320 g/mol. The molecule has 0 bridgehead atoms. The number of hydrogen-bond acceptors (Lipinski definition) is 4. The second-order valence-electron chi connectivity index (χ2n) is 5.85. The summed E-state index contributed by atoms with van der Waals surface area (Å²) in [5.74, 6) is 0.163. The summed E-state index contributed by atoms with van der Waals surface area (Å²) in [6.07, 6.45) is 4.11. The molecule has 4 rings (SSSR count). The third kappa shape index (κ3) is 2.89. The number of rotatable bonds is 4. The summed E-state index contributed by atoms with van der Waals surface area (Å²) >= 11 is 1.47. The summed E-state index contributed by atoms with van der Waals surface area (Å²) in [7, 11) is 0. The molecule has 1 aromatic carbocycles. The number of carbonyl (C=O) groups is 1. The van der Waals surface area contributed by atoms with Crippen LogP contribution in [0, 0.1) is 0 Å². The van der Waals surface area contributed by atoms with E-state index >= 15 is 0 Å². The van der Waals surface area contributed by atoms with Crippen molar-refractivity contribution < 1.29 is 4.79 Å². The molecule has 0 spiro atoms. The second kappa shape index (κ2) is 6.65. The van der Waals surface area contributed by atoms with Crippen LogP contribution in [-0.2, 0) is 4.79 Å². The summed E-state index contributed by atoms with van der Waals surface area (Å²) < 4.78 is 1.93. The number of pyridine rings is 1. The zero-order chi connectivity index (χ0) is 16.4. The molecule has 0 N–H and O–H groups in total. The van der Waals surface area contributed by atoms with Crippen LogP contribution in [0.15, 0.2) is 59.9 Å². The largest absolute Gasteiger partial charge is 0.341 e. The predicted octanol–water partition coefficient (Wildman–Crippen LogP) is 3.19. The summed E-state index contributed by atoms with van der Waals surface area (Å²) in [5.41, 5.74) is 1.80. The zero-order valence-corrected chi connectivity index (χ0v) is 14.0. The van der Waals surface area contributed by atoms with Crippen LogP contribution in [-0.4, -0.2) is 38.5 Å². The highest BCUT2D eigenvalue weighted by Crippen LogP contribution is 2.36. The van der Waals surface area contributed by atoms with Gasteiger partial charge in [-0.15, -0.1) is 10.2 Å². The first kappa shape index (κ1) is 15.2. The van der Waals surface area contributed by atoms with Gasteiger partial charge in [-0.1, -0.05) is 48.2 Å². The average molecular weight is 338 g/mol. The summed E-state index contributed by atoms with van der Waals surface area (Å²) in [6, 6.07) is 15.7. The molecule has 0 saturated carbocycles. The van der Waals surface area contributed by atoms with Crippen LogP contribution in [0.25, 0.3) is 5.65 Å². The van der Waals surface area contributed by atoms with E-state index in [2.05, 4.69) is 10.2 Å². The fraction of sp³-hybridized carbons (Fsp3) is 0.278. The van der Waals surface area contributed by atoms with Crippen LogP contribution in [0.5, 0.6) is 0 Å². The number of hydrogen-bond donors (Lipinski definition) is 0. The van der Waals surface area contributed by atoms with Gasteiger partial charge in [-0.3, -0.25) is 9.20 Å². The smallest absolute Gasteiger partial charge is 0.240 e. The molecule has 5 nitrogen and oxygen atoms in total. The highest BCUT2D eigenvalue weighted by atomic mass is 32.2. The first-order valence-electron chi connectivity index (χ1n) is 8.13. The fourth-order valence-corrected chi connectivity index (χ4v) is 4.11. The molecule has 0 radical (unpaired) electrons. The minimum absolute atomic E-state index is 0.163. The third-order valence-corrected chi connectivity index (χ3v) is 5.45. The molecule has 6 heteroatoms. The number of likely N-dealkylation sites (tertiary alicyclic amines) is 1. The summed E-state index contributed by atoms with van der Waals surface area (Å²) in [4.78, 5) is 15.0. The summed E-state index contributed by atoms with van der Waals surface area (Å²) in [5, 5.41) is 8.91. The number of nitrogens with zero attached hydrogens (tertiary/aromatic N) is 4. The van der Waals surface area contributed by atoms with Crippen molar-refractivity contribution in [2.45, 2.75) is 23.2 Å². The van der Waals surface area contributed by atoms with Crippen molar-refractivity contribution in [3.05, 3.63) is 60.3 Å². The Morgan fingerprint density at radius 1 is 1.00 bits per heavy atom. The lowest BCUT2D eigenvalue weighted by molar-refractivity contribution is -0.129. The lowest BCUT2D eigenvalue weighted by Crippen LogP contribution is -2.31. The number of benzene rings is 1. The topological polar surface area (TPSA) is 50.5 Å². The van der Waals surface area contributed by atoms with Gasteiger partial charge in [-0.25, -0.2) is 0 Å². The van der Waals surface area contributed by atoms with Gasteiger partial charge in [0.2, 0.25) is 5.91 Å². The molecular formula is C18H18N4OS. The van der Waals surface area contributed by atoms with E-state index in [0.29, 0.717) is 0 Å². The standard InChI is InChI=1S/C18H18N4OS/c23-17(21-11-6-7-12-21)16(14-8-2-1-3-9-14)24-18-20-19-15-10-4-5-13-22(15)18/h1-5,8-10,13,16H,6-7,11-12H2. The Labute approximate surface area is 144 Å². The maximum absolute atomic E-state index is 13.1. The molecule has 1 fully saturated rings. The maximum atomic E-state index is 13.1. The van der Waals surface area contributed by atoms with E-state index in [-0.39, 0.29) is 11.2 Å². The Balaban J connectivity index is 1.68. The van der Waals surface area contributed by atoms with Gasteiger partial charge in [-0.05, 0) is 30.5 Å². The number of carbonyl (C=O) groups excluding carboxylic acids is 1. The van der Waals surface area contributed by atoms with E-state index < -0.39 is 0 Å². The molecule has 3 heterocycles. The molecule has 0 aliphatic carbocycles. The lowest BCUT2D eigenvalue weighted by Gasteiger charge is -2.22. The number of aromatic nitrogens is 3.